The molecule has 0 heterocycles. The molecule has 6 heteroatoms. The Morgan fingerprint density at radius 2 is 1.68 bits per heavy atom. The van der Waals surface area contributed by atoms with Gasteiger partial charge in [0.05, 0.1) is 14.2 Å². The van der Waals surface area contributed by atoms with Gasteiger partial charge >= 0.3 is 0 Å². The number of amides is 1. The van der Waals surface area contributed by atoms with Gasteiger partial charge in [-0.1, -0.05) is 24.3 Å². The second kappa shape index (κ2) is 9.66. The van der Waals surface area contributed by atoms with Crippen LogP contribution in [0.15, 0.2) is 48.5 Å². The van der Waals surface area contributed by atoms with Crippen molar-refractivity contribution in [1.29, 1.82) is 0 Å². The summed E-state index contributed by atoms with van der Waals surface area (Å²) in [6, 6.07) is 15.7. The Morgan fingerprint density at radius 1 is 1.00 bits per heavy atom. The molecule has 0 aliphatic rings. The average Bonchev–Trinajstić information content (AvgIpc) is 2.66. The molecule has 1 amide bonds. The molecule has 0 aliphatic heterocycles. The van der Waals surface area contributed by atoms with Crippen molar-refractivity contribution >= 4 is 5.91 Å². The van der Waals surface area contributed by atoms with E-state index >= 15 is 0 Å². The van der Waals surface area contributed by atoms with Gasteiger partial charge < -0.3 is 9.47 Å². The van der Waals surface area contributed by atoms with E-state index in [1.807, 2.05) is 48.5 Å². The number of hydrogen-bond acceptors (Lipinski definition) is 5. The molecule has 0 radical (unpaired) electrons. The van der Waals surface area contributed by atoms with E-state index in [9.17, 15) is 4.79 Å². The molecule has 0 unspecified atom stereocenters. The van der Waals surface area contributed by atoms with Gasteiger partial charge in [-0.25, -0.2) is 5.48 Å². The first kappa shape index (κ1) is 18.8. The standard InChI is InChI=1S/C19H24N2O4/c1-24-17-8-6-15(7-9-17)13-21(11-10-19(22)20-23)14-16-4-3-5-18(12-16)25-2/h3-9,12,23H,10-11,13-14H2,1-2H3,(H,20,22). The van der Waals surface area contributed by atoms with E-state index in [0.717, 1.165) is 22.6 Å². The number of nitrogens with zero attached hydrogens (tertiary/aromatic N) is 1. The van der Waals surface area contributed by atoms with Gasteiger partial charge in [0, 0.05) is 26.1 Å². The Hall–Kier alpha value is -2.57. The summed E-state index contributed by atoms with van der Waals surface area (Å²) in [6.07, 6.45) is 0.219. The zero-order valence-electron chi connectivity index (χ0n) is 14.6. The van der Waals surface area contributed by atoms with Crippen molar-refractivity contribution in [2.45, 2.75) is 19.5 Å². The summed E-state index contributed by atoms with van der Waals surface area (Å²) in [4.78, 5) is 13.5. The normalized spacial score (nSPS) is 10.6. The van der Waals surface area contributed by atoms with E-state index in [1.54, 1.807) is 19.7 Å². The fraction of sp³-hybridized carbons (Fsp3) is 0.316. The van der Waals surface area contributed by atoms with Crippen LogP contribution in [-0.2, 0) is 17.9 Å². The molecule has 0 saturated heterocycles. The number of rotatable bonds is 9. The van der Waals surface area contributed by atoms with Crippen molar-refractivity contribution < 1.29 is 19.5 Å². The number of hydroxylamine groups is 1. The first-order chi connectivity index (χ1) is 12.1. The molecule has 0 fully saturated rings. The van der Waals surface area contributed by atoms with Crippen LogP contribution >= 0.6 is 0 Å². The van der Waals surface area contributed by atoms with Crippen molar-refractivity contribution in [1.82, 2.24) is 10.4 Å². The zero-order valence-corrected chi connectivity index (χ0v) is 14.6. The van der Waals surface area contributed by atoms with E-state index < -0.39 is 5.91 Å². The molecule has 25 heavy (non-hydrogen) atoms. The molecular formula is C19H24N2O4. The monoisotopic (exact) mass is 344 g/mol. The smallest absolute Gasteiger partial charge is 0.244 e. The van der Waals surface area contributed by atoms with Gasteiger partial charge in [0.15, 0.2) is 0 Å². The topological polar surface area (TPSA) is 71.0 Å². The molecule has 2 N–H and O–H groups in total. The number of nitrogens with one attached hydrogen (secondary N) is 1. The first-order valence-electron chi connectivity index (χ1n) is 8.05. The number of benzene rings is 2. The highest BCUT2D eigenvalue weighted by atomic mass is 16.5. The summed E-state index contributed by atoms with van der Waals surface area (Å²) in [7, 11) is 3.28. The molecule has 2 aromatic carbocycles. The van der Waals surface area contributed by atoms with Crippen molar-refractivity contribution in [2.75, 3.05) is 20.8 Å². The Kier molecular flexibility index (Phi) is 7.25. The lowest BCUT2D eigenvalue weighted by Gasteiger charge is -2.22. The number of ether oxygens (including phenoxy) is 2. The first-order valence-corrected chi connectivity index (χ1v) is 8.05. The van der Waals surface area contributed by atoms with Crippen LogP contribution in [0.2, 0.25) is 0 Å². The van der Waals surface area contributed by atoms with Crippen LogP contribution in [0.1, 0.15) is 17.5 Å². The van der Waals surface area contributed by atoms with E-state index in [4.69, 9.17) is 14.7 Å². The number of hydrogen-bond donors (Lipinski definition) is 2. The summed E-state index contributed by atoms with van der Waals surface area (Å²) in [5.41, 5.74) is 3.89. The van der Waals surface area contributed by atoms with Crippen LogP contribution in [0, 0.1) is 0 Å². The fourth-order valence-corrected chi connectivity index (χ4v) is 2.55. The minimum absolute atomic E-state index is 0.219. The van der Waals surface area contributed by atoms with Crippen LogP contribution in [-0.4, -0.2) is 36.8 Å². The molecule has 0 aliphatic carbocycles. The Labute approximate surface area is 147 Å². The van der Waals surface area contributed by atoms with Gasteiger partial charge in [-0.15, -0.1) is 0 Å². The maximum atomic E-state index is 11.4. The van der Waals surface area contributed by atoms with Gasteiger partial charge in [-0.2, -0.15) is 0 Å². The molecule has 2 rings (SSSR count). The van der Waals surface area contributed by atoms with E-state index in [1.165, 1.54) is 0 Å². The van der Waals surface area contributed by atoms with Crippen LogP contribution in [0.3, 0.4) is 0 Å². The molecular weight excluding hydrogens is 320 g/mol. The lowest BCUT2D eigenvalue weighted by Crippen LogP contribution is -2.29. The third-order valence-corrected chi connectivity index (χ3v) is 3.89. The predicted octanol–water partition coefficient (Wildman–Crippen LogP) is 2.60. The summed E-state index contributed by atoms with van der Waals surface area (Å²) < 4.78 is 10.4. The Bertz CT molecular complexity index is 673. The molecule has 0 spiro atoms. The zero-order chi connectivity index (χ0) is 18.1. The fourth-order valence-electron chi connectivity index (χ4n) is 2.55. The summed E-state index contributed by atoms with van der Waals surface area (Å²) >= 11 is 0. The van der Waals surface area contributed by atoms with Crippen molar-refractivity contribution in [3.8, 4) is 11.5 Å². The molecule has 0 atom stereocenters. The van der Waals surface area contributed by atoms with E-state index in [0.29, 0.717) is 19.6 Å². The summed E-state index contributed by atoms with van der Waals surface area (Å²) in [5, 5.41) is 8.70. The van der Waals surface area contributed by atoms with Crippen LogP contribution in [0.4, 0.5) is 0 Å². The SMILES string of the molecule is COc1ccc(CN(CCC(=O)NO)Cc2cccc(OC)c2)cc1. The van der Waals surface area contributed by atoms with Crippen molar-refractivity contribution in [3.05, 3.63) is 59.7 Å². The van der Waals surface area contributed by atoms with Crippen molar-refractivity contribution in [3.63, 3.8) is 0 Å². The van der Waals surface area contributed by atoms with Crippen molar-refractivity contribution in [2.24, 2.45) is 0 Å². The van der Waals surface area contributed by atoms with Crippen LogP contribution in [0.25, 0.3) is 0 Å². The minimum atomic E-state index is -0.398. The van der Waals surface area contributed by atoms with E-state index in [-0.39, 0.29) is 6.42 Å². The third kappa shape index (κ3) is 6.10. The molecule has 2 aromatic rings. The van der Waals surface area contributed by atoms with Gasteiger partial charge in [0.25, 0.3) is 0 Å². The molecule has 0 aromatic heterocycles. The molecule has 0 bridgehead atoms. The maximum Gasteiger partial charge on any atom is 0.244 e. The molecule has 0 saturated carbocycles. The van der Waals surface area contributed by atoms with Gasteiger partial charge in [0.2, 0.25) is 5.91 Å². The number of methoxy groups -OCH3 is 2. The number of carbonyl (C=O) groups excluding carboxylic acids is 1. The average molecular weight is 344 g/mol. The third-order valence-electron chi connectivity index (χ3n) is 3.89. The highest BCUT2D eigenvalue weighted by Gasteiger charge is 2.11. The highest BCUT2D eigenvalue weighted by molar-refractivity contribution is 5.74. The molecule has 134 valence electrons. The lowest BCUT2D eigenvalue weighted by molar-refractivity contribution is -0.129. The minimum Gasteiger partial charge on any atom is -0.497 e. The van der Waals surface area contributed by atoms with E-state index in [2.05, 4.69) is 4.90 Å². The maximum absolute atomic E-state index is 11.4. The second-order valence-corrected chi connectivity index (χ2v) is 5.70. The van der Waals surface area contributed by atoms with Gasteiger partial charge in [-0.3, -0.25) is 14.9 Å². The van der Waals surface area contributed by atoms with Gasteiger partial charge in [-0.05, 0) is 35.4 Å². The number of carbonyl (C=O) groups is 1. The summed E-state index contributed by atoms with van der Waals surface area (Å²) in [6.45, 7) is 1.87. The molecule has 6 nitrogen and oxygen atoms in total. The van der Waals surface area contributed by atoms with Crippen LogP contribution < -0.4 is 15.0 Å². The lowest BCUT2D eigenvalue weighted by atomic mass is 10.1. The highest BCUT2D eigenvalue weighted by Crippen LogP contribution is 2.17. The largest absolute Gasteiger partial charge is 0.497 e. The second-order valence-electron chi connectivity index (χ2n) is 5.70. The Morgan fingerprint density at radius 3 is 2.32 bits per heavy atom. The summed E-state index contributed by atoms with van der Waals surface area (Å²) in [5.74, 6) is 1.21. The quantitative estimate of drug-likeness (QED) is 0.540. The predicted molar refractivity (Wildman–Crippen MR) is 94.6 cm³/mol. The van der Waals surface area contributed by atoms with Crippen LogP contribution in [0.5, 0.6) is 11.5 Å². The van der Waals surface area contributed by atoms with Gasteiger partial charge in [0.1, 0.15) is 11.5 Å². The Balaban J connectivity index is 2.08.